The Balaban J connectivity index is 2.82. The first-order chi connectivity index (χ1) is 5.00. The zero-order chi connectivity index (χ0) is 8.48. The van der Waals surface area contributed by atoms with Crippen LogP contribution in [0.15, 0.2) is 16.8 Å². The Hall–Kier alpha value is -1.00. The molecule has 0 bridgehead atoms. The molecule has 0 aromatic carbocycles. The fraction of sp³-hybridized carbons (Fsp3) is 0.500. The highest BCUT2D eigenvalue weighted by atomic mass is 19.4. The van der Waals surface area contributed by atoms with Crippen LogP contribution in [0.1, 0.15) is 6.92 Å². The van der Waals surface area contributed by atoms with Crippen molar-refractivity contribution in [2.45, 2.75) is 13.1 Å². The SMILES string of the molecule is CC1=NCNC(C(F)(F)F)=C1. The average Bonchev–Trinajstić information content (AvgIpc) is 1.86. The fourth-order valence-electron chi connectivity index (χ4n) is 0.737. The van der Waals surface area contributed by atoms with E-state index in [4.69, 9.17) is 0 Å². The van der Waals surface area contributed by atoms with Crippen molar-refractivity contribution in [1.82, 2.24) is 5.32 Å². The predicted molar refractivity (Wildman–Crippen MR) is 35.2 cm³/mol. The van der Waals surface area contributed by atoms with E-state index in [9.17, 15) is 13.2 Å². The molecule has 0 unspecified atom stereocenters. The maximum Gasteiger partial charge on any atom is 0.431 e. The van der Waals surface area contributed by atoms with Gasteiger partial charge < -0.3 is 5.32 Å². The molecule has 0 radical (unpaired) electrons. The predicted octanol–water partition coefficient (Wildman–Crippen LogP) is 1.45. The van der Waals surface area contributed by atoms with Gasteiger partial charge in [0.15, 0.2) is 0 Å². The third kappa shape index (κ3) is 1.96. The molecular formula is C6H7F3N2. The van der Waals surface area contributed by atoms with E-state index in [1.807, 2.05) is 0 Å². The first-order valence-corrected chi connectivity index (χ1v) is 3.04. The van der Waals surface area contributed by atoms with Gasteiger partial charge in [0.1, 0.15) is 12.4 Å². The van der Waals surface area contributed by atoms with Gasteiger partial charge in [0.05, 0.1) is 0 Å². The van der Waals surface area contributed by atoms with E-state index < -0.39 is 11.9 Å². The minimum absolute atomic E-state index is 0.0111. The molecule has 0 saturated carbocycles. The summed E-state index contributed by atoms with van der Waals surface area (Å²) in [5.41, 5.74) is -0.318. The summed E-state index contributed by atoms with van der Waals surface area (Å²) in [5, 5.41) is 2.14. The van der Waals surface area contributed by atoms with Crippen molar-refractivity contribution < 1.29 is 13.2 Å². The summed E-state index contributed by atoms with van der Waals surface area (Å²) < 4.78 is 35.8. The molecule has 2 nitrogen and oxygen atoms in total. The van der Waals surface area contributed by atoms with E-state index in [2.05, 4.69) is 10.3 Å². The lowest BCUT2D eigenvalue weighted by Crippen LogP contribution is -2.29. The van der Waals surface area contributed by atoms with Gasteiger partial charge in [-0.1, -0.05) is 0 Å². The van der Waals surface area contributed by atoms with Gasteiger partial charge in [-0.3, -0.25) is 4.99 Å². The summed E-state index contributed by atoms with van der Waals surface area (Å²) in [7, 11) is 0. The first-order valence-electron chi connectivity index (χ1n) is 3.04. The smallest absolute Gasteiger partial charge is 0.362 e. The van der Waals surface area contributed by atoms with Crippen LogP contribution in [0.4, 0.5) is 13.2 Å². The van der Waals surface area contributed by atoms with Crippen LogP contribution in [-0.4, -0.2) is 18.6 Å². The molecule has 11 heavy (non-hydrogen) atoms. The number of allylic oxidation sites excluding steroid dienone is 2. The number of nitrogens with one attached hydrogen (secondary N) is 1. The monoisotopic (exact) mass is 164 g/mol. The number of hydrogen-bond donors (Lipinski definition) is 1. The molecule has 0 aromatic rings. The molecule has 0 aliphatic carbocycles. The minimum atomic E-state index is -4.28. The van der Waals surface area contributed by atoms with Crippen LogP contribution >= 0.6 is 0 Å². The molecule has 0 amide bonds. The van der Waals surface area contributed by atoms with Crippen molar-refractivity contribution >= 4 is 5.71 Å². The van der Waals surface area contributed by atoms with Gasteiger partial charge in [-0.15, -0.1) is 0 Å². The lowest BCUT2D eigenvalue weighted by Gasteiger charge is -2.15. The summed E-state index contributed by atoms with van der Waals surface area (Å²) in [4.78, 5) is 3.72. The van der Waals surface area contributed by atoms with Gasteiger partial charge in [0, 0.05) is 5.71 Å². The van der Waals surface area contributed by atoms with E-state index >= 15 is 0 Å². The van der Waals surface area contributed by atoms with E-state index in [1.165, 1.54) is 6.92 Å². The van der Waals surface area contributed by atoms with Crippen LogP contribution < -0.4 is 5.32 Å². The molecule has 62 valence electrons. The Labute approximate surface area is 61.8 Å². The van der Waals surface area contributed by atoms with Crippen LogP contribution in [0.2, 0.25) is 0 Å². The number of alkyl halides is 3. The van der Waals surface area contributed by atoms with Crippen LogP contribution in [0.25, 0.3) is 0 Å². The zero-order valence-electron chi connectivity index (χ0n) is 5.87. The molecular weight excluding hydrogens is 157 g/mol. The number of nitrogens with zero attached hydrogens (tertiary/aromatic N) is 1. The Morgan fingerprint density at radius 1 is 1.55 bits per heavy atom. The minimum Gasteiger partial charge on any atom is -0.362 e. The number of aliphatic imine (C=N–C) groups is 1. The molecule has 0 saturated heterocycles. The molecule has 0 fully saturated rings. The summed E-state index contributed by atoms with van der Waals surface area (Å²) in [6, 6.07) is 0. The molecule has 1 N–H and O–H groups in total. The maximum atomic E-state index is 11.9. The van der Waals surface area contributed by atoms with Crippen molar-refractivity contribution in [1.29, 1.82) is 0 Å². The Morgan fingerprint density at radius 2 is 2.18 bits per heavy atom. The molecule has 0 aromatic heterocycles. The van der Waals surface area contributed by atoms with Gasteiger partial charge in [0.25, 0.3) is 0 Å². The van der Waals surface area contributed by atoms with Crippen LogP contribution in [0.5, 0.6) is 0 Å². The lowest BCUT2D eigenvalue weighted by molar-refractivity contribution is -0.0967. The number of hydrogen-bond acceptors (Lipinski definition) is 2. The van der Waals surface area contributed by atoms with Gasteiger partial charge in [-0.25, -0.2) is 0 Å². The quantitative estimate of drug-likeness (QED) is 0.575. The standard InChI is InChI=1S/C6H7F3N2/c1-4-2-5(6(7,8)9)11-3-10-4/h2,11H,3H2,1H3. The zero-order valence-corrected chi connectivity index (χ0v) is 5.87. The Bertz CT molecular complexity index is 214. The van der Waals surface area contributed by atoms with E-state index in [1.54, 1.807) is 0 Å². The average molecular weight is 164 g/mol. The van der Waals surface area contributed by atoms with Crippen molar-refractivity contribution in [2.24, 2.45) is 4.99 Å². The van der Waals surface area contributed by atoms with E-state index in [0.717, 1.165) is 6.08 Å². The number of rotatable bonds is 0. The normalized spacial score (nSPS) is 18.5. The van der Waals surface area contributed by atoms with Gasteiger partial charge >= 0.3 is 6.18 Å². The second-order valence-corrected chi connectivity index (χ2v) is 2.19. The van der Waals surface area contributed by atoms with E-state index in [-0.39, 0.29) is 6.67 Å². The molecule has 1 aliphatic heterocycles. The third-order valence-electron chi connectivity index (χ3n) is 1.26. The maximum absolute atomic E-state index is 11.9. The largest absolute Gasteiger partial charge is 0.431 e. The van der Waals surface area contributed by atoms with Gasteiger partial charge in [0.2, 0.25) is 0 Å². The van der Waals surface area contributed by atoms with Crippen molar-refractivity contribution in [3.63, 3.8) is 0 Å². The third-order valence-corrected chi connectivity index (χ3v) is 1.26. The molecule has 1 heterocycles. The highest BCUT2D eigenvalue weighted by Crippen LogP contribution is 2.24. The van der Waals surface area contributed by atoms with Crippen molar-refractivity contribution in [3.8, 4) is 0 Å². The second kappa shape index (κ2) is 2.56. The summed E-state index contributed by atoms with van der Waals surface area (Å²) in [6.07, 6.45) is -3.29. The Kier molecular flexibility index (Phi) is 1.89. The topological polar surface area (TPSA) is 24.4 Å². The number of halogens is 3. The molecule has 5 heteroatoms. The van der Waals surface area contributed by atoms with Crippen LogP contribution in [0, 0.1) is 0 Å². The highest BCUT2D eigenvalue weighted by Gasteiger charge is 2.34. The fourth-order valence-corrected chi connectivity index (χ4v) is 0.737. The molecule has 0 atom stereocenters. The lowest BCUT2D eigenvalue weighted by atomic mass is 10.3. The van der Waals surface area contributed by atoms with Gasteiger partial charge in [-0.2, -0.15) is 13.2 Å². The Morgan fingerprint density at radius 3 is 2.55 bits per heavy atom. The molecule has 1 aliphatic rings. The second-order valence-electron chi connectivity index (χ2n) is 2.19. The van der Waals surface area contributed by atoms with E-state index in [0.29, 0.717) is 5.71 Å². The summed E-state index contributed by atoms with van der Waals surface area (Å²) in [5.74, 6) is 0. The highest BCUT2D eigenvalue weighted by molar-refractivity contribution is 5.94. The van der Waals surface area contributed by atoms with Crippen molar-refractivity contribution in [3.05, 3.63) is 11.8 Å². The van der Waals surface area contributed by atoms with Crippen LogP contribution in [0.3, 0.4) is 0 Å². The molecule has 1 rings (SSSR count). The summed E-state index contributed by atoms with van der Waals surface area (Å²) in [6.45, 7) is 1.55. The van der Waals surface area contributed by atoms with Crippen molar-refractivity contribution in [2.75, 3.05) is 6.67 Å². The van der Waals surface area contributed by atoms with Gasteiger partial charge in [-0.05, 0) is 13.0 Å². The summed E-state index contributed by atoms with van der Waals surface area (Å²) >= 11 is 0. The van der Waals surface area contributed by atoms with Crippen LogP contribution in [-0.2, 0) is 0 Å². The first kappa shape index (κ1) is 8.10. The molecule has 0 spiro atoms.